The molecule has 6 nitrogen and oxygen atoms in total. The molecule has 0 unspecified atom stereocenters. The number of nitrogens with zero attached hydrogens (tertiary/aromatic N) is 2. The molecule has 0 spiro atoms. The Morgan fingerprint density at radius 3 is 2.59 bits per heavy atom. The van der Waals surface area contributed by atoms with E-state index in [-0.39, 0.29) is 0 Å². The number of hydrogen-bond donors (Lipinski definition) is 2. The van der Waals surface area contributed by atoms with Crippen LogP contribution in [0.2, 0.25) is 0 Å². The van der Waals surface area contributed by atoms with Gasteiger partial charge in [-0.15, -0.1) is 13.2 Å². The maximum atomic E-state index is 12.0. The van der Waals surface area contributed by atoms with Crippen molar-refractivity contribution < 1.29 is 27.8 Å². The van der Waals surface area contributed by atoms with Gasteiger partial charge in [0.25, 0.3) is 0 Å². The van der Waals surface area contributed by atoms with Gasteiger partial charge in [-0.3, -0.25) is 0 Å². The predicted molar refractivity (Wildman–Crippen MR) is 47.0 cm³/mol. The lowest BCUT2D eigenvalue weighted by atomic mass is 10.2. The summed E-state index contributed by atoms with van der Waals surface area (Å²) in [7, 11) is 0. The topological polar surface area (TPSA) is 109 Å². The molecule has 0 aromatic carbocycles. The van der Waals surface area contributed by atoms with Crippen LogP contribution in [0.5, 0.6) is 5.75 Å². The van der Waals surface area contributed by atoms with Gasteiger partial charge in [-0.1, -0.05) is 0 Å². The summed E-state index contributed by atoms with van der Waals surface area (Å²) in [5.74, 6) is -2.83. The van der Waals surface area contributed by atoms with E-state index in [1.54, 1.807) is 0 Å². The van der Waals surface area contributed by atoms with E-state index in [1.807, 2.05) is 0 Å². The van der Waals surface area contributed by atoms with Gasteiger partial charge in [0.15, 0.2) is 17.1 Å². The Morgan fingerprint density at radius 2 is 2.18 bits per heavy atom. The van der Waals surface area contributed by atoms with Crippen LogP contribution in [-0.4, -0.2) is 22.4 Å². The molecule has 1 aromatic rings. The number of ether oxygens (including phenoxy) is 1. The molecule has 1 rings (SSSR count). The number of carboxylic acids is 1. The van der Waals surface area contributed by atoms with Crippen LogP contribution < -0.4 is 10.5 Å². The first-order chi connectivity index (χ1) is 7.74. The summed E-state index contributed by atoms with van der Waals surface area (Å²) in [6, 6.07) is 2.03. The molecule has 0 aliphatic carbocycles. The maximum absolute atomic E-state index is 12.0. The number of nitrogen functional groups attached to an aromatic ring is 1. The number of aromatic nitrogens is 1. The van der Waals surface area contributed by atoms with E-state index in [2.05, 4.69) is 9.72 Å². The van der Waals surface area contributed by atoms with Crippen molar-refractivity contribution >= 4 is 11.7 Å². The van der Waals surface area contributed by atoms with Crippen LogP contribution in [0.25, 0.3) is 0 Å². The summed E-state index contributed by atoms with van der Waals surface area (Å²) in [6.07, 6.45) is -5.08. The molecule has 0 aliphatic heterocycles. The smallest absolute Gasteiger partial charge is 0.476 e. The second-order valence-corrected chi connectivity index (χ2v) is 2.74. The second-order valence-electron chi connectivity index (χ2n) is 2.74. The number of hydrogen-bond acceptors (Lipinski definition) is 5. The van der Waals surface area contributed by atoms with Crippen LogP contribution in [0.3, 0.4) is 0 Å². The zero-order valence-corrected chi connectivity index (χ0v) is 7.95. The number of rotatable bonds is 2. The Morgan fingerprint density at radius 1 is 1.59 bits per heavy atom. The summed E-state index contributed by atoms with van der Waals surface area (Å²) >= 11 is 0. The van der Waals surface area contributed by atoms with Crippen molar-refractivity contribution in [3.05, 3.63) is 17.5 Å². The number of alkyl halides is 3. The molecule has 0 bridgehead atoms. The van der Waals surface area contributed by atoms with E-state index in [1.165, 1.54) is 6.07 Å². The van der Waals surface area contributed by atoms with Crippen LogP contribution in [-0.2, 0) is 0 Å². The highest BCUT2D eigenvalue weighted by Gasteiger charge is 2.34. The summed E-state index contributed by atoms with van der Waals surface area (Å²) < 4.78 is 39.3. The minimum Gasteiger partial charge on any atom is -0.476 e. The molecule has 90 valence electrons. The Balaban J connectivity index is 3.34. The SMILES string of the molecule is N#Cc1nc(C(=O)O)c(OC(F)(F)F)cc1N. The van der Waals surface area contributed by atoms with Gasteiger partial charge in [0.05, 0.1) is 5.69 Å². The van der Waals surface area contributed by atoms with Gasteiger partial charge in [-0.25, -0.2) is 9.78 Å². The van der Waals surface area contributed by atoms with Gasteiger partial charge in [0.2, 0.25) is 0 Å². The molecule has 9 heteroatoms. The molecule has 0 amide bonds. The lowest BCUT2D eigenvalue weighted by molar-refractivity contribution is -0.274. The summed E-state index contributed by atoms with van der Waals surface area (Å²) in [6.45, 7) is 0. The molecule has 0 radical (unpaired) electrons. The monoisotopic (exact) mass is 247 g/mol. The predicted octanol–water partition coefficient (Wildman–Crippen LogP) is 1.13. The first kappa shape index (κ1) is 12.6. The molecule has 0 saturated heterocycles. The van der Waals surface area contributed by atoms with Crippen molar-refractivity contribution in [1.29, 1.82) is 5.26 Å². The van der Waals surface area contributed by atoms with Crippen molar-refractivity contribution in [2.75, 3.05) is 5.73 Å². The summed E-state index contributed by atoms with van der Waals surface area (Å²) in [4.78, 5) is 13.8. The van der Waals surface area contributed by atoms with Crippen molar-refractivity contribution in [3.63, 3.8) is 0 Å². The van der Waals surface area contributed by atoms with Gasteiger partial charge in [0.1, 0.15) is 6.07 Å². The fourth-order valence-corrected chi connectivity index (χ4v) is 0.955. The van der Waals surface area contributed by atoms with Crippen LogP contribution in [0.4, 0.5) is 18.9 Å². The third-order valence-electron chi connectivity index (χ3n) is 1.55. The Labute approximate surface area is 92.0 Å². The molecule has 17 heavy (non-hydrogen) atoms. The van der Waals surface area contributed by atoms with E-state index < -0.39 is 35.2 Å². The summed E-state index contributed by atoms with van der Waals surface area (Å²) in [5, 5.41) is 17.1. The highest BCUT2D eigenvalue weighted by molar-refractivity contribution is 5.89. The first-order valence-electron chi connectivity index (χ1n) is 3.94. The molecular weight excluding hydrogens is 243 g/mol. The lowest BCUT2D eigenvalue weighted by Crippen LogP contribution is -2.20. The minimum atomic E-state index is -5.08. The normalized spacial score (nSPS) is 10.7. The zero-order valence-electron chi connectivity index (χ0n) is 7.95. The maximum Gasteiger partial charge on any atom is 0.573 e. The quantitative estimate of drug-likeness (QED) is 0.810. The minimum absolute atomic E-state index is 0.406. The number of pyridine rings is 1. The lowest BCUT2D eigenvalue weighted by Gasteiger charge is -2.11. The number of halogens is 3. The number of aromatic carboxylic acids is 1. The third kappa shape index (κ3) is 2.97. The Bertz CT molecular complexity index is 507. The highest BCUT2D eigenvalue weighted by atomic mass is 19.4. The Kier molecular flexibility index (Phi) is 3.08. The Hall–Kier alpha value is -2.50. The number of nitriles is 1. The van der Waals surface area contributed by atoms with E-state index in [0.717, 1.165) is 0 Å². The van der Waals surface area contributed by atoms with Gasteiger partial charge in [-0.2, -0.15) is 5.26 Å². The van der Waals surface area contributed by atoms with Gasteiger partial charge in [-0.05, 0) is 0 Å². The fraction of sp³-hybridized carbons (Fsp3) is 0.125. The van der Waals surface area contributed by atoms with Crippen molar-refractivity contribution in [2.24, 2.45) is 0 Å². The molecule has 0 atom stereocenters. The van der Waals surface area contributed by atoms with Crippen molar-refractivity contribution in [2.45, 2.75) is 6.36 Å². The molecule has 0 aliphatic rings. The van der Waals surface area contributed by atoms with E-state index in [0.29, 0.717) is 6.07 Å². The van der Waals surface area contributed by atoms with Crippen LogP contribution in [0.15, 0.2) is 6.07 Å². The van der Waals surface area contributed by atoms with Crippen molar-refractivity contribution in [1.82, 2.24) is 4.98 Å². The van der Waals surface area contributed by atoms with Gasteiger partial charge in [0, 0.05) is 6.07 Å². The molecular formula is C8H4F3N3O3. The molecule has 1 aromatic heterocycles. The van der Waals surface area contributed by atoms with E-state index in [9.17, 15) is 18.0 Å². The fourth-order valence-electron chi connectivity index (χ4n) is 0.955. The number of carboxylic acid groups (broad SMARTS) is 1. The molecule has 0 fully saturated rings. The number of nitrogens with two attached hydrogens (primary N) is 1. The second kappa shape index (κ2) is 4.17. The van der Waals surface area contributed by atoms with Crippen LogP contribution >= 0.6 is 0 Å². The molecule has 1 heterocycles. The third-order valence-corrected chi connectivity index (χ3v) is 1.55. The number of anilines is 1. The van der Waals surface area contributed by atoms with E-state index in [4.69, 9.17) is 16.1 Å². The standard InChI is InChI=1S/C8H4F3N3O3/c9-8(10,11)17-5-1-3(13)4(2-12)14-6(5)7(15)16/h1H,13H2,(H,15,16). The highest BCUT2D eigenvalue weighted by Crippen LogP contribution is 2.28. The molecule has 0 saturated carbocycles. The zero-order chi connectivity index (χ0) is 13.2. The van der Waals surface area contributed by atoms with Gasteiger partial charge >= 0.3 is 12.3 Å². The van der Waals surface area contributed by atoms with E-state index >= 15 is 0 Å². The average molecular weight is 247 g/mol. The van der Waals surface area contributed by atoms with Crippen molar-refractivity contribution in [3.8, 4) is 11.8 Å². The number of carbonyl (C=O) groups is 1. The average Bonchev–Trinajstić information content (AvgIpc) is 2.14. The first-order valence-corrected chi connectivity index (χ1v) is 3.94. The summed E-state index contributed by atoms with van der Waals surface area (Å²) in [5.41, 5.74) is 3.27. The van der Waals surface area contributed by atoms with Crippen LogP contribution in [0, 0.1) is 11.3 Å². The largest absolute Gasteiger partial charge is 0.573 e. The van der Waals surface area contributed by atoms with Gasteiger partial charge < -0.3 is 15.6 Å². The van der Waals surface area contributed by atoms with Crippen LogP contribution in [0.1, 0.15) is 16.2 Å². The molecule has 3 N–H and O–H groups in total.